The fourth-order valence-electron chi connectivity index (χ4n) is 5.48. The monoisotopic (exact) mass is 657 g/mol. The number of carbonyl (C=O) groups excluding carboxylic acids is 1. The molecular formula is C38H31N3O6S. The molecule has 0 fully saturated rings. The highest BCUT2D eigenvalue weighted by atomic mass is 32.1. The maximum absolute atomic E-state index is 14.4. The predicted octanol–water partition coefficient (Wildman–Crippen LogP) is 5.40. The molecule has 0 saturated heterocycles. The van der Waals surface area contributed by atoms with Crippen LogP contribution >= 0.6 is 11.3 Å². The third-order valence-corrected chi connectivity index (χ3v) is 8.77. The molecule has 0 N–H and O–H groups in total. The lowest BCUT2D eigenvalue weighted by atomic mass is 9.93. The molecule has 0 saturated carbocycles. The molecular weight excluding hydrogens is 627 g/mol. The Bertz CT molecular complexity index is 2210. The Balaban J connectivity index is 1.53. The van der Waals surface area contributed by atoms with Crippen LogP contribution < -0.4 is 29.1 Å². The van der Waals surface area contributed by atoms with Crippen molar-refractivity contribution in [1.82, 2.24) is 4.57 Å². The number of rotatable bonds is 10. The van der Waals surface area contributed by atoms with E-state index in [1.807, 2.05) is 66.7 Å². The Morgan fingerprint density at radius 3 is 2.38 bits per heavy atom. The van der Waals surface area contributed by atoms with Gasteiger partial charge in [0.25, 0.3) is 5.56 Å². The van der Waals surface area contributed by atoms with Crippen molar-refractivity contribution in [1.29, 1.82) is 5.26 Å². The number of nitriles is 1. The summed E-state index contributed by atoms with van der Waals surface area (Å²) in [6.45, 7) is 2.12. The molecule has 6 rings (SSSR count). The second-order valence-corrected chi connectivity index (χ2v) is 11.7. The van der Waals surface area contributed by atoms with Crippen molar-refractivity contribution in [3.8, 4) is 23.3 Å². The lowest BCUT2D eigenvalue weighted by Crippen LogP contribution is -2.40. The molecule has 1 aliphatic heterocycles. The fourth-order valence-corrected chi connectivity index (χ4v) is 6.47. The van der Waals surface area contributed by atoms with E-state index < -0.39 is 12.0 Å². The van der Waals surface area contributed by atoms with E-state index in [2.05, 4.69) is 6.07 Å². The van der Waals surface area contributed by atoms with E-state index in [-0.39, 0.29) is 24.3 Å². The molecule has 0 bridgehead atoms. The molecule has 0 spiro atoms. The molecule has 48 heavy (non-hydrogen) atoms. The number of nitrogens with zero attached hydrogens (tertiary/aromatic N) is 3. The Labute approximate surface area is 280 Å². The van der Waals surface area contributed by atoms with Crippen LogP contribution in [-0.2, 0) is 16.1 Å². The van der Waals surface area contributed by atoms with Gasteiger partial charge in [-0.05, 0) is 54.5 Å². The van der Waals surface area contributed by atoms with E-state index >= 15 is 0 Å². The average molecular weight is 658 g/mol. The number of methoxy groups -OCH3 is 2. The summed E-state index contributed by atoms with van der Waals surface area (Å²) in [5.41, 5.74) is 3.85. The summed E-state index contributed by atoms with van der Waals surface area (Å²) in [4.78, 5) is 33.4. The zero-order valence-electron chi connectivity index (χ0n) is 26.5. The fraction of sp³-hybridized carbons (Fsp3) is 0.158. The van der Waals surface area contributed by atoms with Gasteiger partial charge < -0.3 is 18.9 Å². The van der Waals surface area contributed by atoms with Gasteiger partial charge in [-0.1, -0.05) is 78.1 Å². The van der Waals surface area contributed by atoms with Crippen LogP contribution in [0.3, 0.4) is 0 Å². The highest BCUT2D eigenvalue weighted by Crippen LogP contribution is 2.36. The first-order chi connectivity index (χ1) is 23.4. The molecule has 1 aromatic heterocycles. The quantitative estimate of drug-likeness (QED) is 0.185. The summed E-state index contributed by atoms with van der Waals surface area (Å²) < 4.78 is 24.8. The second-order valence-electron chi connectivity index (χ2n) is 10.7. The molecule has 240 valence electrons. The Hall–Kier alpha value is -5.92. The lowest BCUT2D eigenvalue weighted by Gasteiger charge is -2.26. The van der Waals surface area contributed by atoms with Crippen molar-refractivity contribution in [2.45, 2.75) is 19.6 Å². The molecule has 0 amide bonds. The third kappa shape index (κ3) is 6.36. The zero-order chi connectivity index (χ0) is 33.6. The molecule has 1 atom stereocenters. The predicted molar refractivity (Wildman–Crippen MR) is 183 cm³/mol. The van der Waals surface area contributed by atoms with Crippen LogP contribution in [0.2, 0.25) is 0 Å². The Kier molecular flexibility index (Phi) is 9.50. The molecule has 9 nitrogen and oxygen atoms in total. The van der Waals surface area contributed by atoms with Gasteiger partial charge in [0.05, 0.1) is 54.3 Å². The van der Waals surface area contributed by atoms with Crippen LogP contribution in [0.15, 0.2) is 112 Å². The Morgan fingerprint density at radius 2 is 1.71 bits per heavy atom. The maximum Gasteiger partial charge on any atom is 0.338 e. The van der Waals surface area contributed by atoms with E-state index in [1.165, 1.54) is 11.3 Å². The number of fused-ring (bicyclic) bond motifs is 1. The summed E-state index contributed by atoms with van der Waals surface area (Å²) in [5, 5.41) is 9.14. The normalized spacial score (nSPS) is 14.0. The highest BCUT2D eigenvalue weighted by molar-refractivity contribution is 7.07. The van der Waals surface area contributed by atoms with Crippen molar-refractivity contribution >= 4 is 29.1 Å². The first kappa shape index (κ1) is 32.0. The van der Waals surface area contributed by atoms with E-state index in [0.717, 1.165) is 11.1 Å². The number of para-hydroxylation sites is 1. The van der Waals surface area contributed by atoms with Gasteiger partial charge in [-0.15, -0.1) is 0 Å². The molecule has 0 unspecified atom stereocenters. The van der Waals surface area contributed by atoms with Gasteiger partial charge >= 0.3 is 5.97 Å². The van der Waals surface area contributed by atoms with Gasteiger partial charge in [-0.25, -0.2) is 9.79 Å². The summed E-state index contributed by atoms with van der Waals surface area (Å²) >= 11 is 1.22. The molecule has 2 heterocycles. The van der Waals surface area contributed by atoms with Crippen molar-refractivity contribution in [3.05, 3.63) is 150 Å². The zero-order valence-corrected chi connectivity index (χ0v) is 27.3. The van der Waals surface area contributed by atoms with E-state index in [4.69, 9.17) is 29.2 Å². The van der Waals surface area contributed by atoms with Crippen LogP contribution in [0, 0.1) is 11.3 Å². The summed E-state index contributed by atoms with van der Waals surface area (Å²) in [6, 6.07) is 30.5. The van der Waals surface area contributed by atoms with Crippen LogP contribution in [0.4, 0.5) is 0 Å². The van der Waals surface area contributed by atoms with E-state index in [0.29, 0.717) is 49.0 Å². The number of esters is 1. The molecule has 4 aromatic carbocycles. The summed E-state index contributed by atoms with van der Waals surface area (Å²) in [5.74, 6) is 1.04. The van der Waals surface area contributed by atoms with Gasteiger partial charge in [-0.2, -0.15) is 5.26 Å². The number of ether oxygens (including phenoxy) is 4. The minimum atomic E-state index is -0.819. The molecule has 5 aromatic rings. The number of hydrogen-bond acceptors (Lipinski definition) is 9. The number of benzene rings is 4. The SMILES string of the molecule is CCOC(=O)C1=C(c2ccccc2)N=c2s/c(=C\c3cccc(OC)c3OCc3ccc(C#N)cc3)c(=O)n2[C@@H]1c1ccc(OC)cc1. The van der Waals surface area contributed by atoms with Crippen LogP contribution in [0.5, 0.6) is 17.2 Å². The van der Waals surface area contributed by atoms with Gasteiger partial charge in [0.15, 0.2) is 16.3 Å². The average Bonchev–Trinajstić information content (AvgIpc) is 3.44. The number of carbonyl (C=O) groups is 1. The maximum atomic E-state index is 14.4. The molecule has 10 heteroatoms. The van der Waals surface area contributed by atoms with Gasteiger partial charge in [-0.3, -0.25) is 9.36 Å². The van der Waals surface area contributed by atoms with Crippen LogP contribution in [-0.4, -0.2) is 31.4 Å². The van der Waals surface area contributed by atoms with Crippen molar-refractivity contribution in [3.63, 3.8) is 0 Å². The van der Waals surface area contributed by atoms with Crippen molar-refractivity contribution in [2.24, 2.45) is 4.99 Å². The minimum absolute atomic E-state index is 0.158. The standard InChI is InChI=1S/C38H31N3O6S/c1-4-46-37(43)32-33(26-9-6-5-7-10-26)40-38-41(34(32)27-17-19-29(44-2)20-18-27)36(42)31(48-38)21-28-11-8-12-30(45-3)35(28)47-23-25-15-13-24(22-39)14-16-25/h5-21,34H,4,23H2,1-3H3/b31-21-/t34-/m1/s1. The number of thiazole rings is 1. The summed E-state index contributed by atoms with van der Waals surface area (Å²) in [7, 11) is 3.13. The first-order valence-electron chi connectivity index (χ1n) is 15.2. The van der Waals surface area contributed by atoms with Gasteiger partial charge in [0.1, 0.15) is 12.4 Å². The Morgan fingerprint density at radius 1 is 0.958 bits per heavy atom. The van der Waals surface area contributed by atoms with Crippen LogP contribution in [0.25, 0.3) is 11.8 Å². The van der Waals surface area contributed by atoms with Crippen molar-refractivity contribution in [2.75, 3.05) is 20.8 Å². The molecule has 1 aliphatic rings. The highest BCUT2D eigenvalue weighted by Gasteiger charge is 2.35. The topological polar surface area (TPSA) is 112 Å². The lowest BCUT2D eigenvalue weighted by molar-refractivity contribution is -0.138. The van der Waals surface area contributed by atoms with Gasteiger partial charge in [0, 0.05) is 11.1 Å². The van der Waals surface area contributed by atoms with E-state index in [1.54, 1.807) is 62.1 Å². The van der Waals surface area contributed by atoms with Gasteiger partial charge in [0.2, 0.25) is 0 Å². The minimum Gasteiger partial charge on any atom is -0.497 e. The third-order valence-electron chi connectivity index (χ3n) is 7.79. The number of hydrogen-bond donors (Lipinski definition) is 0. The summed E-state index contributed by atoms with van der Waals surface area (Å²) in [6.07, 6.45) is 1.75. The van der Waals surface area contributed by atoms with E-state index in [9.17, 15) is 9.59 Å². The first-order valence-corrected chi connectivity index (χ1v) is 16.0. The number of aromatic nitrogens is 1. The molecule has 0 aliphatic carbocycles. The smallest absolute Gasteiger partial charge is 0.338 e. The molecule has 0 radical (unpaired) electrons. The second kappa shape index (κ2) is 14.2. The van der Waals surface area contributed by atoms with Crippen molar-refractivity contribution < 1.29 is 23.7 Å². The largest absolute Gasteiger partial charge is 0.497 e. The van der Waals surface area contributed by atoms with Crippen LogP contribution in [0.1, 0.15) is 40.8 Å².